The molecule has 1 aliphatic rings. The van der Waals surface area contributed by atoms with Crippen molar-refractivity contribution in [2.24, 2.45) is 0 Å². The van der Waals surface area contributed by atoms with Crippen LogP contribution in [-0.2, 0) is 4.74 Å². The van der Waals surface area contributed by atoms with E-state index in [4.69, 9.17) is 16.3 Å². The predicted octanol–water partition coefficient (Wildman–Crippen LogP) is 3.29. The molecule has 1 N–H and O–H groups in total. The molecule has 1 aromatic heterocycles. The standard InChI is InChI=1S/C15H19ClN4O/c1-21-14-8-3-2-6-12(14)19-13-7-4-5-11(16)15(13)20-10-17-9-18-20/h4-5,7,9-10,12,14,19H,2-3,6,8H2,1H3. The molecule has 0 bridgehead atoms. The molecule has 0 aliphatic heterocycles. The van der Waals surface area contributed by atoms with E-state index in [0.29, 0.717) is 11.1 Å². The predicted molar refractivity (Wildman–Crippen MR) is 83.0 cm³/mol. The minimum atomic E-state index is 0.237. The Labute approximate surface area is 129 Å². The number of nitrogens with zero attached hydrogens (tertiary/aromatic N) is 3. The van der Waals surface area contributed by atoms with Crippen LogP contribution in [-0.4, -0.2) is 34.0 Å². The zero-order chi connectivity index (χ0) is 14.7. The molecule has 2 aromatic rings. The van der Waals surface area contributed by atoms with Gasteiger partial charge in [0.05, 0.1) is 22.9 Å². The molecular formula is C15H19ClN4O. The Morgan fingerprint density at radius 1 is 1.33 bits per heavy atom. The van der Waals surface area contributed by atoms with Gasteiger partial charge in [-0.25, -0.2) is 9.67 Å². The molecule has 5 nitrogen and oxygen atoms in total. The van der Waals surface area contributed by atoms with Gasteiger partial charge in [0.25, 0.3) is 0 Å². The highest BCUT2D eigenvalue weighted by Gasteiger charge is 2.25. The minimum Gasteiger partial charge on any atom is -0.379 e. The number of benzene rings is 1. The third kappa shape index (κ3) is 3.04. The lowest BCUT2D eigenvalue weighted by Crippen LogP contribution is -2.38. The van der Waals surface area contributed by atoms with E-state index >= 15 is 0 Å². The first-order valence-electron chi connectivity index (χ1n) is 7.22. The maximum Gasteiger partial charge on any atom is 0.138 e. The third-order valence-electron chi connectivity index (χ3n) is 3.98. The number of anilines is 1. The highest BCUT2D eigenvalue weighted by Crippen LogP contribution is 2.31. The molecule has 21 heavy (non-hydrogen) atoms. The van der Waals surface area contributed by atoms with E-state index in [2.05, 4.69) is 15.4 Å². The van der Waals surface area contributed by atoms with Crippen molar-refractivity contribution in [2.45, 2.75) is 37.8 Å². The number of hydrogen-bond donors (Lipinski definition) is 1. The fourth-order valence-corrected chi connectivity index (χ4v) is 3.19. The van der Waals surface area contributed by atoms with Gasteiger partial charge in [-0.3, -0.25) is 0 Å². The number of nitrogens with one attached hydrogen (secondary N) is 1. The molecule has 0 saturated heterocycles. The van der Waals surface area contributed by atoms with Gasteiger partial charge < -0.3 is 10.1 Å². The molecule has 0 spiro atoms. The van der Waals surface area contributed by atoms with Gasteiger partial charge in [-0.2, -0.15) is 5.10 Å². The number of hydrogen-bond acceptors (Lipinski definition) is 4. The average molecular weight is 307 g/mol. The summed E-state index contributed by atoms with van der Waals surface area (Å²) in [4.78, 5) is 4.00. The SMILES string of the molecule is COC1CCCCC1Nc1cccc(Cl)c1-n1cncn1. The first-order valence-corrected chi connectivity index (χ1v) is 7.60. The number of methoxy groups -OCH3 is 1. The van der Waals surface area contributed by atoms with Crippen molar-refractivity contribution >= 4 is 17.3 Å². The van der Waals surface area contributed by atoms with Crippen molar-refractivity contribution in [1.29, 1.82) is 0 Å². The Morgan fingerprint density at radius 3 is 2.95 bits per heavy atom. The van der Waals surface area contributed by atoms with Crippen LogP contribution in [0.3, 0.4) is 0 Å². The van der Waals surface area contributed by atoms with Crippen molar-refractivity contribution in [3.05, 3.63) is 35.9 Å². The maximum absolute atomic E-state index is 6.35. The molecule has 2 atom stereocenters. The number of halogens is 1. The topological polar surface area (TPSA) is 52.0 Å². The second-order valence-electron chi connectivity index (χ2n) is 5.29. The summed E-state index contributed by atoms with van der Waals surface area (Å²) in [6.07, 6.45) is 8.03. The summed E-state index contributed by atoms with van der Waals surface area (Å²) >= 11 is 6.35. The van der Waals surface area contributed by atoms with E-state index in [-0.39, 0.29) is 6.10 Å². The molecule has 3 rings (SSSR count). The van der Waals surface area contributed by atoms with Crippen molar-refractivity contribution < 1.29 is 4.74 Å². The molecule has 2 unspecified atom stereocenters. The Morgan fingerprint density at radius 2 is 2.19 bits per heavy atom. The van der Waals surface area contributed by atoms with Crippen LogP contribution in [0.2, 0.25) is 5.02 Å². The Kier molecular flexibility index (Phi) is 4.41. The van der Waals surface area contributed by atoms with Crippen LogP contribution in [0.1, 0.15) is 25.7 Å². The highest BCUT2D eigenvalue weighted by atomic mass is 35.5. The Hall–Kier alpha value is -1.59. The van der Waals surface area contributed by atoms with E-state index in [9.17, 15) is 0 Å². The van der Waals surface area contributed by atoms with Gasteiger partial charge in [0.15, 0.2) is 0 Å². The third-order valence-corrected chi connectivity index (χ3v) is 4.29. The molecule has 0 radical (unpaired) electrons. The summed E-state index contributed by atoms with van der Waals surface area (Å²) in [7, 11) is 1.78. The quantitative estimate of drug-likeness (QED) is 0.941. The van der Waals surface area contributed by atoms with Gasteiger partial charge in [-0.1, -0.05) is 30.5 Å². The fourth-order valence-electron chi connectivity index (χ4n) is 2.93. The Bertz CT molecular complexity index is 587. The van der Waals surface area contributed by atoms with Gasteiger partial charge in [0, 0.05) is 7.11 Å². The normalized spacial score (nSPS) is 22.2. The number of para-hydroxylation sites is 1. The van der Waals surface area contributed by atoms with E-state index in [0.717, 1.165) is 24.2 Å². The van der Waals surface area contributed by atoms with Crippen LogP contribution in [0.15, 0.2) is 30.9 Å². The smallest absolute Gasteiger partial charge is 0.138 e. The van der Waals surface area contributed by atoms with E-state index in [1.165, 1.54) is 19.2 Å². The molecule has 1 heterocycles. The van der Waals surface area contributed by atoms with Crippen molar-refractivity contribution in [3.63, 3.8) is 0 Å². The van der Waals surface area contributed by atoms with E-state index < -0.39 is 0 Å². The lowest BCUT2D eigenvalue weighted by atomic mass is 9.92. The summed E-state index contributed by atoms with van der Waals surface area (Å²) in [5.74, 6) is 0. The van der Waals surface area contributed by atoms with Crippen molar-refractivity contribution in [2.75, 3.05) is 12.4 Å². The number of ether oxygens (including phenoxy) is 1. The van der Waals surface area contributed by atoms with Gasteiger partial charge in [-0.05, 0) is 25.0 Å². The maximum atomic E-state index is 6.35. The molecule has 1 aromatic carbocycles. The Balaban J connectivity index is 1.90. The van der Waals surface area contributed by atoms with Gasteiger partial charge in [0.2, 0.25) is 0 Å². The van der Waals surface area contributed by atoms with Crippen LogP contribution in [0, 0.1) is 0 Å². The van der Waals surface area contributed by atoms with E-state index in [1.807, 2.05) is 18.2 Å². The zero-order valence-corrected chi connectivity index (χ0v) is 12.8. The first kappa shape index (κ1) is 14.4. The van der Waals surface area contributed by atoms with Crippen LogP contribution in [0.5, 0.6) is 0 Å². The zero-order valence-electron chi connectivity index (χ0n) is 12.0. The summed E-state index contributed by atoms with van der Waals surface area (Å²) in [5, 5.41) is 8.42. The minimum absolute atomic E-state index is 0.237. The van der Waals surface area contributed by atoms with Crippen LogP contribution >= 0.6 is 11.6 Å². The molecule has 1 fully saturated rings. The second-order valence-corrected chi connectivity index (χ2v) is 5.69. The lowest BCUT2D eigenvalue weighted by Gasteiger charge is -2.32. The summed E-state index contributed by atoms with van der Waals surface area (Å²) in [5.41, 5.74) is 1.79. The average Bonchev–Trinajstić information content (AvgIpc) is 3.02. The van der Waals surface area contributed by atoms with Crippen LogP contribution in [0.25, 0.3) is 5.69 Å². The van der Waals surface area contributed by atoms with Gasteiger partial charge in [0.1, 0.15) is 18.3 Å². The largest absolute Gasteiger partial charge is 0.379 e. The lowest BCUT2D eigenvalue weighted by molar-refractivity contribution is 0.0606. The summed E-state index contributed by atoms with van der Waals surface area (Å²) in [6, 6.07) is 6.11. The molecule has 1 saturated carbocycles. The van der Waals surface area contributed by atoms with Crippen molar-refractivity contribution in [3.8, 4) is 5.69 Å². The summed E-state index contributed by atoms with van der Waals surface area (Å²) in [6.45, 7) is 0. The molecule has 1 aliphatic carbocycles. The first-order chi connectivity index (χ1) is 10.3. The highest BCUT2D eigenvalue weighted by molar-refractivity contribution is 6.33. The number of rotatable bonds is 4. The summed E-state index contributed by atoms with van der Waals surface area (Å²) < 4.78 is 7.30. The molecular weight excluding hydrogens is 288 g/mol. The second kappa shape index (κ2) is 6.45. The van der Waals surface area contributed by atoms with Crippen LogP contribution < -0.4 is 5.32 Å². The van der Waals surface area contributed by atoms with Crippen LogP contribution in [0.4, 0.5) is 5.69 Å². The van der Waals surface area contributed by atoms with Gasteiger partial charge in [-0.15, -0.1) is 0 Å². The molecule has 112 valence electrons. The number of aromatic nitrogens is 3. The van der Waals surface area contributed by atoms with Crippen molar-refractivity contribution in [1.82, 2.24) is 14.8 Å². The monoisotopic (exact) mass is 306 g/mol. The van der Waals surface area contributed by atoms with Gasteiger partial charge >= 0.3 is 0 Å². The fraction of sp³-hybridized carbons (Fsp3) is 0.467. The van der Waals surface area contributed by atoms with E-state index in [1.54, 1.807) is 18.1 Å². The molecule has 0 amide bonds. The molecule has 6 heteroatoms.